The van der Waals surface area contributed by atoms with Crippen LogP contribution in [0, 0.1) is 11.8 Å². The van der Waals surface area contributed by atoms with Crippen LogP contribution in [-0.4, -0.2) is 98.6 Å². The highest BCUT2D eigenvalue weighted by Crippen LogP contribution is 2.34. The first-order chi connectivity index (χ1) is 22.9. The average Bonchev–Trinajstić information content (AvgIpc) is 3.86. The number of morpholine rings is 1. The molecule has 2 aliphatic rings. The van der Waals surface area contributed by atoms with Crippen molar-refractivity contribution in [2.45, 2.75) is 51.2 Å². The number of amides is 1. The molecule has 1 amide bonds. The van der Waals surface area contributed by atoms with Gasteiger partial charge < -0.3 is 19.5 Å². The fraction of sp³-hybridized carbons (Fsp3) is 0.484. The van der Waals surface area contributed by atoms with E-state index in [0.29, 0.717) is 36.8 Å². The minimum atomic E-state index is -0.869. The lowest BCUT2D eigenvalue weighted by Gasteiger charge is -2.28. The van der Waals surface area contributed by atoms with Gasteiger partial charge in [-0.25, -0.2) is 19.2 Å². The lowest BCUT2D eigenvalue weighted by molar-refractivity contribution is 0.0260. The van der Waals surface area contributed by atoms with Gasteiger partial charge in [0.15, 0.2) is 5.82 Å². The van der Waals surface area contributed by atoms with E-state index in [0.717, 1.165) is 62.1 Å². The van der Waals surface area contributed by atoms with Crippen molar-refractivity contribution in [1.82, 2.24) is 34.4 Å². The fourth-order valence-electron chi connectivity index (χ4n) is 5.71. The summed E-state index contributed by atoms with van der Waals surface area (Å²) in [5, 5.41) is 13.4. The van der Waals surface area contributed by atoms with Gasteiger partial charge in [0, 0.05) is 49.6 Å². The van der Waals surface area contributed by atoms with Gasteiger partial charge in [0.1, 0.15) is 22.1 Å². The van der Waals surface area contributed by atoms with Gasteiger partial charge in [-0.15, -0.1) is 11.3 Å². The Labute approximate surface area is 273 Å². The molecule has 16 heteroatoms. The summed E-state index contributed by atoms with van der Waals surface area (Å²) >= 11 is 1.19. The van der Waals surface area contributed by atoms with Gasteiger partial charge in [-0.05, 0) is 51.2 Å². The number of thiazole rings is 1. The summed E-state index contributed by atoms with van der Waals surface area (Å²) < 4.78 is 48.1. The number of pyridine rings is 1. The van der Waals surface area contributed by atoms with Crippen molar-refractivity contribution in [3.63, 3.8) is 0 Å². The number of ether oxygens (including phenoxy) is 3. The topological polar surface area (TPSA) is 139 Å². The smallest absolute Gasteiger partial charge is 0.434 e. The molecule has 0 radical (unpaired) electrons. The standard InChI is InChI=1S/C31H36F2N8O5S/c1-2-45-22-6-4-21(5-7-22)40-18-24(28(38-40)27-23(32)8-9-26(33)37-27)35-29(42)25-19-47-30(36-25)20-16-34-41(17-20)31(43)46-13-3-10-39-11-14-44-15-12-39/h8-9,16-19,21-22H,2-7,10-15H2,1H3,(H,35,42)/t21-,22-. The van der Waals surface area contributed by atoms with E-state index in [2.05, 4.69) is 30.4 Å². The number of aromatic nitrogens is 6. The van der Waals surface area contributed by atoms with Crippen molar-refractivity contribution in [2.24, 2.45) is 0 Å². The van der Waals surface area contributed by atoms with E-state index in [1.807, 2.05) is 6.92 Å². The van der Waals surface area contributed by atoms with Crippen molar-refractivity contribution in [3.8, 4) is 22.0 Å². The van der Waals surface area contributed by atoms with E-state index >= 15 is 0 Å². The van der Waals surface area contributed by atoms with Crippen molar-refractivity contribution in [2.75, 3.05) is 51.4 Å². The summed E-state index contributed by atoms with van der Waals surface area (Å²) in [6.07, 6.45) is 8.09. The molecule has 4 aromatic rings. The van der Waals surface area contributed by atoms with Gasteiger partial charge in [-0.2, -0.15) is 19.3 Å². The van der Waals surface area contributed by atoms with Gasteiger partial charge in [0.05, 0.1) is 43.9 Å². The Hall–Kier alpha value is -4.12. The second kappa shape index (κ2) is 15.2. The van der Waals surface area contributed by atoms with Crippen LogP contribution in [0.3, 0.4) is 0 Å². The Morgan fingerprint density at radius 2 is 1.89 bits per heavy atom. The molecule has 4 aromatic heterocycles. The maximum Gasteiger partial charge on any atom is 0.434 e. The van der Waals surface area contributed by atoms with E-state index in [1.165, 1.54) is 23.7 Å². The summed E-state index contributed by atoms with van der Waals surface area (Å²) in [7, 11) is 0. The first-order valence-corrected chi connectivity index (χ1v) is 16.6. The number of nitrogens with one attached hydrogen (secondary N) is 1. The van der Waals surface area contributed by atoms with Gasteiger partial charge in [0.2, 0.25) is 5.95 Å². The minimum absolute atomic E-state index is 0.00778. The molecule has 250 valence electrons. The number of carbonyl (C=O) groups excluding carboxylic acids is 2. The molecule has 0 aromatic carbocycles. The summed E-state index contributed by atoms with van der Waals surface area (Å²) in [5.74, 6) is -2.21. The molecule has 47 heavy (non-hydrogen) atoms. The van der Waals surface area contributed by atoms with Crippen LogP contribution >= 0.6 is 11.3 Å². The van der Waals surface area contributed by atoms with Crippen LogP contribution in [-0.2, 0) is 14.2 Å². The Morgan fingerprint density at radius 1 is 1.09 bits per heavy atom. The van der Waals surface area contributed by atoms with E-state index in [1.54, 1.807) is 16.3 Å². The third-order valence-electron chi connectivity index (χ3n) is 8.14. The summed E-state index contributed by atoms with van der Waals surface area (Å²) in [6, 6.07) is 1.89. The van der Waals surface area contributed by atoms with Crippen LogP contribution < -0.4 is 5.32 Å². The molecule has 6 rings (SSSR count). The average molecular weight is 671 g/mol. The zero-order chi connectivity index (χ0) is 32.8. The predicted molar refractivity (Wildman–Crippen MR) is 168 cm³/mol. The van der Waals surface area contributed by atoms with Crippen LogP contribution in [0.15, 0.2) is 36.1 Å². The molecule has 1 N–H and O–H groups in total. The highest BCUT2D eigenvalue weighted by molar-refractivity contribution is 7.13. The number of halogens is 2. The molecule has 5 heterocycles. The van der Waals surface area contributed by atoms with E-state index < -0.39 is 23.8 Å². The monoisotopic (exact) mass is 670 g/mol. The maximum absolute atomic E-state index is 14.8. The largest absolute Gasteiger partial charge is 0.448 e. The Morgan fingerprint density at radius 3 is 2.68 bits per heavy atom. The number of hydrogen-bond acceptors (Lipinski definition) is 11. The first kappa shape index (κ1) is 32.8. The van der Waals surface area contributed by atoms with Gasteiger partial charge in [-0.3, -0.25) is 14.4 Å². The molecular formula is C31H36F2N8O5S. The second-order valence-electron chi connectivity index (χ2n) is 11.3. The molecular weight excluding hydrogens is 634 g/mol. The van der Waals surface area contributed by atoms with Crippen molar-refractivity contribution < 1.29 is 32.6 Å². The van der Waals surface area contributed by atoms with Crippen molar-refractivity contribution in [1.29, 1.82) is 0 Å². The van der Waals surface area contributed by atoms with Crippen LogP contribution in [0.4, 0.5) is 19.3 Å². The van der Waals surface area contributed by atoms with E-state index in [4.69, 9.17) is 14.2 Å². The normalized spacial score (nSPS) is 18.7. The lowest BCUT2D eigenvalue weighted by Crippen LogP contribution is -2.37. The number of anilines is 1. The zero-order valence-electron chi connectivity index (χ0n) is 25.9. The molecule has 13 nitrogen and oxygen atoms in total. The van der Waals surface area contributed by atoms with Crippen LogP contribution in [0.25, 0.3) is 22.0 Å². The summed E-state index contributed by atoms with van der Waals surface area (Å²) in [5.41, 5.74) is 0.509. The minimum Gasteiger partial charge on any atom is -0.448 e. The molecule has 0 bridgehead atoms. The number of nitrogens with zero attached hydrogens (tertiary/aromatic N) is 7. The number of hydrogen-bond donors (Lipinski definition) is 1. The third kappa shape index (κ3) is 8.06. The summed E-state index contributed by atoms with van der Waals surface area (Å²) in [6.45, 7) is 6.85. The molecule has 0 atom stereocenters. The molecule has 2 fully saturated rings. The highest BCUT2D eigenvalue weighted by Gasteiger charge is 2.27. The SMILES string of the molecule is CCO[C@H]1CC[C@H](n2cc(NC(=O)c3csc(-c4cnn(C(=O)OCCCN5CCOCC5)c4)n3)c(-c3nc(F)ccc3F)n2)CC1. The number of carbonyl (C=O) groups is 2. The summed E-state index contributed by atoms with van der Waals surface area (Å²) in [4.78, 5) is 36.3. The van der Waals surface area contributed by atoms with Crippen molar-refractivity contribution in [3.05, 3.63) is 53.6 Å². The second-order valence-corrected chi connectivity index (χ2v) is 12.2. The molecule has 1 saturated heterocycles. The van der Waals surface area contributed by atoms with Crippen LogP contribution in [0.5, 0.6) is 0 Å². The lowest BCUT2D eigenvalue weighted by atomic mass is 9.93. The quantitative estimate of drug-likeness (QED) is 0.171. The molecule has 1 aliphatic carbocycles. The van der Waals surface area contributed by atoms with E-state index in [-0.39, 0.29) is 41.5 Å². The molecule has 0 unspecified atom stereocenters. The van der Waals surface area contributed by atoms with Crippen molar-refractivity contribution >= 4 is 29.0 Å². The zero-order valence-corrected chi connectivity index (χ0v) is 26.8. The van der Waals surface area contributed by atoms with Gasteiger partial charge >= 0.3 is 6.09 Å². The molecule has 1 saturated carbocycles. The molecule has 1 aliphatic heterocycles. The molecule has 0 spiro atoms. The maximum atomic E-state index is 14.8. The fourth-order valence-corrected chi connectivity index (χ4v) is 6.49. The number of rotatable bonds is 11. The third-order valence-corrected chi connectivity index (χ3v) is 9.03. The highest BCUT2D eigenvalue weighted by atomic mass is 32.1. The predicted octanol–water partition coefficient (Wildman–Crippen LogP) is 5.02. The first-order valence-electron chi connectivity index (χ1n) is 15.7. The Kier molecular flexibility index (Phi) is 10.6. The van der Waals surface area contributed by atoms with Gasteiger partial charge in [-0.1, -0.05) is 0 Å². The Bertz CT molecular complexity index is 1680. The van der Waals surface area contributed by atoms with E-state index in [9.17, 15) is 18.4 Å². The van der Waals surface area contributed by atoms with Crippen LogP contribution in [0.2, 0.25) is 0 Å². The van der Waals surface area contributed by atoms with Gasteiger partial charge in [0.25, 0.3) is 5.91 Å². The van der Waals surface area contributed by atoms with Crippen LogP contribution in [0.1, 0.15) is 55.6 Å². The Balaban J connectivity index is 1.12.